The SMILES string of the molecule is NC(=O)[C@H]1CCO[C@@H]1C1CCN(CCc2ccncc2)CC1. The topological polar surface area (TPSA) is 68.5 Å². The van der Waals surface area contributed by atoms with Crippen LogP contribution >= 0.6 is 0 Å². The van der Waals surface area contributed by atoms with E-state index in [1.54, 1.807) is 0 Å². The first-order valence-electron chi connectivity index (χ1n) is 8.26. The Bertz CT molecular complexity index is 486. The molecule has 0 bridgehead atoms. The van der Waals surface area contributed by atoms with Crippen LogP contribution in [0.15, 0.2) is 24.5 Å². The molecule has 1 amide bonds. The molecular weight excluding hydrogens is 278 g/mol. The number of aromatic nitrogens is 1. The molecular formula is C17H25N3O2. The van der Waals surface area contributed by atoms with Crippen molar-refractivity contribution >= 4 is 5.91 Å². The van der Waals surface area contributed by atoms with E-state index in [4.69, 9.17) is 10.5 Å². The average Bonchev–Trinajstić information content (AvgIpc) is 3.04. The Morgan fingerprint density at radius 1 is 1.27 bits per heavy atom. The number of pyridine rings is 1. The van der Waals surface area contributed by atoms with Crippen LogP contribution in [0.2, 0.25) is 0 Å². The van der Waals surface area contributed by atoms with Crippen molar-refractivity contribution in [1.82, 2.24) is 9.88 Å². The standard InChI is InChI=1S/C17H25N3O2/c18-17(21)15-6-12-22-16(15)14-4-10-20(11-5-14)9-3-13-1-7-19-8-2-13/h1-2,7-8,14-16H,3-6,9-12H2,(H2,18,21)/t15-,16+/m0/s1. The summed E-state index contributed by atoms with van der Waals surface area (Å²) in [4.78, 5) is 18.1. The summed E-state index contributed by atoms with van der Waals surface area (Å²) in [6.45, 7) is 3.93. The Labute approximate surface area is 131 Å². The molecule has 0 radical (unpaired) electrons. The lowest BCUT2D eigenvalue weighted by Gasteiger charge is -2.35. The van der Waals surface area contributed by atoms with Crippen LogP contribution in [0.1, 0.15) is 24.8 Å². The lowest BCUT2D eigenvalue weighted by molar-refractivity contribution is -0.124. The minimum absolute atomic E-state index is 0.0554. The molecule has 0 aromatic carbocycles. The number of piperidine rings is 1. The number of nitrogens with two attached hydrogens (primary N) is 1. The Kier molecular flexibility index (Phi) is 5.05. The molecule has 3 rings (SSSR count). The van der Waals surface area contributed by atoms with Gasteiger partial charge < -0.3 is 15.4 Å². The summed E-state index contributed by atoms with van der Waals surface area (Å²) in [5.74, 6) is 0.216. The quantitative estimate of drug-likeness (QED) is 0.888. The number of hydrogen-bond donors (Lipinski definition) is 1. The van der Waals surface area contributed by atoms with E-state index in [1.165, 1.54) is 5.56 Å². The fourth-order valence-corrected chi connectivity index (χ4v) is 3.72. The van der Waals surface area contributed by atoms with Gasteiger partial charge in [0.25, 0.3) is 0 Å². The van der Waals surface area contributed by atoms with E-state index in [9.17, 15) is 4.79 Å². The fourth-order valence-electron chi connectivity index (χ4n) is 3.72. The summed E-state index contributed by atoms with van der Waals surface area (Å²) in [5, 5.41) is 0. The number of ether oxygens (including phenoxy) is 1. The summed E-state index contributed by atoms with van der Waals surface area (Å²) >= 11 is 0. The predicted molar refractivity (Wildman–Crippen MR) is 84.1 cm³/mol. The van der Waals surface area contributed by atoms with Gasteiger partial charge in [-0.15, -0.1) is 0 Å². The smallest absolute Gasteiger partial charge is 0.223 e. The maximum absolute atomic E-state index is 11.5. The van der Waals surface area contributed by atoms with Gasteiger partial charge in [-0.05, 0) is 62.4 Å². The largest absolute Gasteiger partial charge is 0.377 e. The first-order valence-corrected chi connectivity index (χ1v) is 8.26. The number of likely N-dealkylation sites (tertiary alicyclic amines) is 1. The number of rotatable bonds is 5. The van der Waals surface area contributed by atoms with Gasteiger partial charge in [-0.2, -0.15) is 0 Å². The molecule has 0 saturated carbocycles. The van der Waals surface area contributed by atoms with Crippen LogP contribution in [0, 0.1) is 11.8 Å². The van der Waals surface area contributed by atoms with Gasteiger partial charge in [0, 0.05) is 25.5 Å². The average molecular weight is 303 g/mol. The van der Waals surface area contributed by atoms with E-state index >= 15 is 0 Å². The van der Waals surface area contributed by atoms with Crippen molar-refractivity contribution in [2.45, 2.75) is 31.8 Å². The van der Waals surface area contributed by atoms with Gasteiger partial charge in [0.15, 0.2) is 0 Å². The second-order valence-electron chi connectivity index (χ2n) is 6.42. The minimum atomic E-state index is -0.192. The lowest BCUT2D eigenvalue weighted by atomic mass is 9.84. The molecule has 2 aliphatic rings. The highest BCUT2D eigenvalue weighted by atomic mass is 16.5. The van der Waals surface area contributed by atoms with Gasteiger partial charge in [-0.1, -0.05) is 0 Å². The summed E-state index contributed by atoms with van der Waals surface area (Å²) in [6, 6.07) is 4.16. The Hall–Kier alpha value is -1.46. The monoisotopic (exact) mass is 303 g/mol. The highest BCUT2D eigenvalue weighted by Crippen LogP contribution is 2.32. The zero-order valence-electron chi connectivity index (χ0n) is 13.0. The van der Waals surface area contributed by atoms with Crippen LogP contribution in [-0.4, -0.2) is 48.1 Å². The summed E-state index contributed by atoms with van der Waals surface area (Å²) < 4.78 is 5.80. The zero-order chi connectivity index (χ0) is 15.4. The highest BCUT2D eigenvalue weighted by molar-refractivity contribution is 5.77. The Balaban J connectivity index is 1.45. The fraction of sp³-hybridized carbons (Fsp3) is 0.647. The molecule has 1 aromatic heterocycles. The van der Waals surface area contributed by atoms with Gasteiger partial charge in [-0.25, -0.2) is 0 Å². The van der Waals surface area contributed by atoms with Crippen molar-refractivity contribution in [2.75, 3.05) is 26.2 Å². The van der Waals surface area contributed by atoms with E-state index < -0.39 is 0 Å². The number of amides is 1. The predicted octanol–water partition coefficient (Wildman–Crippen LogP) is 1.23. The maximum Gasteiger partial charge on any atom is 0.223 e. The molecule has 0 spiro atoms. The van der Waals surface area contributed by atoms with Gasteiger partial charge >= 0.3 is 0 Å². The van der Waals surface area contributed by atoms with E-state index in [1.807, 2.05) is 12.4 Å². The minimum Gasteiger partial charge on any atom is -0.377 e. The molecule has 2 N–H and O–H groups in total. The van der Waals surface area contributed by atoms with Crippen molar-refractivity contribution in [1.29, 1.82) is 0 Å². The van der Waals surface area contributed by atoms with Crippen LogP contribution in [0.4, 0.5) is 0 Å². The van der Waals surface area contributed by atoms with Crippen molar-refractivity contribution in [3.8, 4) is 0 Å². The third-order valence-corrected chi connectivity index (χ3v) is 5.06. The first kappa shape index (κ1) is 15.4. The molecule has 120 valence electrons. The van der Waals surface area contributed by atoms with Crippen LogP contribution in [-0.2, 0) is 16.0 Å². The van der Waals surface area contributed by atoms with Gasteiger partial charge in [-0.3, -0.25) is 9.78 Å². The van der Waals surface area contributed by atoms with Gasteiger partial charge in [0.1, 0.15) is 0 Å². The van der Waals surface area contributed by atoms with Crippen LogP contribution < -0.4 is 5.73 Å². The van der Waals surface area contributed by atoms with Gasteiger partial charge in [0.05, 0.1) is 12.0 Å². The number of nitrogens with zero attached hydrogens (tertiary/aromatic N) is 2. The maximum atomic E-state index is 11.5. The second-order valence-corrected chi connectivity index (χ2v) is 6.42. The van der Waals surface area contributed by atoms with E-state index in [2.05, 4.69) is 22.0 Å². The highest BCUT2D eigenvalue weighted by Gasteiger charge is 2.39. The molecule has 22 heavy (non-hydrogen) atoms. The number of hydrogen-bond acceptors (Lipinski definition) is 4. The molecule has 2 saturated heterocycles. The molecule has 2 aliphatic heterocycles. The molecule has 0 unspecified atom stereocenters. The molecule has 2 atom stereocenters. The van der Waals surface area contributed by atoms with Crippen LogP contribution in [0.5, 0.6) is 0 Å². The molecule has 5 nitrogen and oxygen atoms in total. The van der Waals surface area contributed by atoms with Gasteiger partial charge in [0.2, 0.25) is 5.91 Å². The molecule has 5 heteroatoms. The van der Waals surface area contributed by atoms with Crippen molar-refractivity contribution in [3.05, 3.63) is 30.1 Å². The Morgan fingerprint density at radius 2 is 2.00 bits per heavy atom. The number of carbonyl (C=O) groups excluding carboxylic acids is 1. The summed E-state index contributed by atoms with van der Waals surface area (Å²) in [7, 11) is 0. The van der Waals surface area contributed by atoms with Crippen LogP contribution in [0.3, 0.4) is 0 Å². The van der Waals surface area contributed by atoms with E-state index in [0.717, 1.165) is 45.3 Å². The normalized spacial score (nSPS) is 27.1. The lowest BCUT2D eigenvalue weighted by Crippen LogP contribution is -2.42. The molecule has 2 fully saturated rings. The molecule has 3 heterocycles. The second kappa shape index (κ2) is 7.20. The zero-order valence-corrected chi connectivity index (χ0v) is 13.0. The van der Waals surface area contributed by atoms with Crippen molar-refractivity contribution in [3.63, 3.8) is 0 Å². The summed E-state index contributed by atoms with van der Waals surface area (Å²) in [6.07, 6.45) is 7.82. The molecule has 1 aromatic rings. The number of primary amides is 1. The van der Waals surface area contributed by atoms with E-state index in [0.29, 0.717) is 12.5 Å². The van der Waals surface area contributed by atoms with Crippen LogP contribution in [0.25, 0.3) is 0 Å². The Morgan fingerprint density at radius 3 is 2.68 bits per heavy atom. The molecule has 0 aliphatic carbocycles. The third kappa shape index (κ3) is 3.65. The third-order valence-electron chi connectivity index (χ3n) is 5.06. The van der Waals surface area contributed by atoms with E-state index in [-0.39, 0.29) is 17.9 Å². The summed E-state index contributed by atoms with van der Waals surface area (Å²) in [5.41, 5.74) is 6.84. The first-order chi connectivity index (χ1) is 10.7. The van der Waals surface area contributed by atoms with Crippen molar-refractivity contribution < 1.29 is 9.53 Å². The van der Waals surface area contributed by atoms with Crippen molar-refractivity contribution in [2.24, 2.45) is 17.6 Å². The number of carbonyl (C=O) groups is 1.